The van der Waals surface area contributed by atoms with Crippen LogP contribution >= 0.6 is 11.6 Å². The van der Waals surface area contributed by atoms with Gasteiger partial charge >= 0.3 is 5.97 Å². The molecule has 0 aliphatic carbocycles. The molecule has 25 heavy (non-hydrogen) atoms. The molecule has 128 valence electrons. The molecular formula is C16H13ClN4O4. The summed E-state index contributed by atoms with van der Waals surface area (Å²) in [5, 5.41) is 10.3. The molecule has 8 nitrogen and oxygen atoms in total. The van der Waals surface area contributed by atoms with E-state index in [0.29, 0.717) is 11.4 Å². The van der Waals surface area contributed by atoms with Crippen molar-refractivity contribution in [2.75, 3.05) is 11.9 Å². The Morgan fingerprint density at radius 1 is 1.28 bits per heavy atom. The second-order valence-electron chi connectivity index (χ2n) is 5.01. The number of benzene rings is 1. The standard InChI is InChI=1S/C16H13ClN4O4/c1-10-14(15(17)21(19-10)11-5-3-2-4-6-11)16(23)24-9-13(22)18-12-7-8-25-20-12/h2-8H,9H2,1H3,(H,18,20,22). The highest BCUT2D eigenvalue weighted by atomic mass is 35.5. The van der Waals surface area contributed by atoms with E-state index in [9.17, 15) is 9.59 Å². The number of hydrogen-bond acceptors (Lipinski definition) is 6. The first-order chi connectivity index (χ1) is 12.1. The first kappa shape index (κ1) is 16.7. The van der Waals surface area contributed by atoms with Gasteiger partial charge in [0.1, 0.15) is 17.0 Å². The summed E-state index contributed by atoms with van der Waals surface area (Å²) in [6.07, 6.45) is 1.31. The maximum absolute atomic E-state index is 12.3. The molecule has 0 fully saturated rings. The van der Waals surface area contributed by atoms with Gasteiger partial charge < -0.3 is 14.6 Å². The molecule has 0 atom stereocenters. The lowest BCUT2D eigenvalue weighted by molar-refractivity contribution is -0.119. The van der Waals surface area contributed by atoms with E-state index in [4.69, 9.17) is 16.3 Å². The third-order valence-electron chi connectivity index (χ3n) is 3.25. The first-order valence-electron chi connectivity index (χ1n) is 7.24. The van der Waals surface area contributed by atoms with Gasteiger partial charge in [-0.25, -0.2) is 9.48 Å². The number of para-hydroxylation sites is 1. The maximum Gasteiger partial charge on any atom is 0.343 e. The highest BCUT2D eigenvalue weighted by Crippen LogP contribution is 2.24. The largest absolute Gasteiger partial charge is 0.452 e. The monoisotopic (exact) mass is 360 g/mol. The topological polar surface area (TPSA) is 99.2 Å². The van der Waals surface area contributed by atoms with Crippen LogP contribution in [0.4, 0.5) is 5.82 Å². The summed E-state index contributed by atoms with van der Waals surface area (Å²) >= 11 is 6.27. The Bertz CT molecular complexity index is 891. The van der Waals surface area contributed by atoms with E-state index in [1.165, 1.54) is 17.0 Å². The molecule has 9 heteroatoms. The number of anilines is 1. The number of carbonyl (C=O) groups excluding carboxylic acids is 2. The van der Waals surface area contributed by atoms with Crippen LogP contribution in [0.1, 0.15) is 16.1 Å². The summed E-state index contributed by atoms with van der Waals surface area (Å²) in [5.74, 6) is -1.06. The molecule has 2 heterocycles. The lowest BCUT2D eigenvalue weighted by Gasteiger charge is -2.05. The van der Waals surface area contributed by atoms with Crippen LogP contribution in [0, 0.1) is 6.92 Å². The number of ether oxygens (including phenoxy) is 1. The highest BCUT2D eigenvalue weighted by Gasteiger charge is 2.23. The third-order valence-corrected chi connectivity index (χ3v) is 3.60. The molecular weight excluding hydrogens is 348 g/mol. The van der Waals surface area contributed by atoms with Crippen molar-refractivity contribution >= 4 is 29.3 Å². The second kappa shape index (κ2) is 7.18. The van der Waals surface area contributed by atoms with E-state index in [1.54, 1.807) is 19.1 Å². The Kier molecular flexibility index (Phi) is 4.80. The normalized spacial score (nSPS) is 10.5. The fourth-order valence-electron chi connectivity index (χ4n) is 2.13. The zero-order chi connectivity index (χ0) is 17.8. The lowest BCUT2D eigenvalue weighted by atomic mass is 10.2. The van der Waals surface area contributed by atoms with E-state index >= 15 is 0 Å². The van der Waals surface area contributed by atoms with Gasteiger partial charge in [0, 0.05) is 6.07 Å². The molecule has 3 rings (SSSR count). The van der Waals surface area contributed by atoms with Gasteiger partial charge in [0.25, 0.3) is 5.91 Å². The van der Waals surface area contributed by atoms with E-state index in [1.807, 2.05) is 18.2 Å². The van der Waals surface area contributed by atoms with Gasteiger partial charge in [-0.2, -0.15) is 5.10 Å². The molecule has 0 aliphatic heterocycles. The van der Waals surface area contributed by atoms with Gasteiger partial charge in [0.2, 0.25) is 0 Å². The van der Waals surface area contributed by atoms with Gasteiger partial charge in [-0.1, -0.05) is 35.0 Å². The fraction of sp³-hybridized carbons (Fsp3) is 0.125. The number of nitrogens with zero attached hydrogens (tertiary/aromatic N) is 3. The minimum absolute atomic E-state index is 0.111. The Morgan fingerprint density at radius 3 is 2.72 bits per heavy atom. The fourth-order valence-corrected chi connectivity index (χ4v) is 2.48. The molecule has 1 amide bonds. The van der Waals surface area contributed by atoms with Crippen LogP contribution in [0.2, 0.25) is 5.15 Å². The molecule has 3 aromatic rings. The number of esters is 1. The first-order valence-corrected chi connectivity index (χ1v) is 7.62. The molecule has 0 saturated heterocycles. The third kappa shape index (κ3) is 3.69. The molecule has 0 saturated carbocycles. The van der Waals surface area contributed by atoms with Crippen LogP contribution in [-0.2, 0) is 9.53 Å². The number of hydrogen-bond donors (Lipinski definition) is 1. The van der Waals surface area contributed by atoms with Crippen molar-refractivity contribution in [1.29, 1.82) is 0 Å². The minimum atomic E-state index is -0.736. The quantitative estimate of drug-likeness (QED) is 0.702. The van der Waals surface area contributed by atoms with Crippen LogP contribution in [0.5, 0.6) is 0 Å². The van der Waals surface area contributed by atoms with Crippen LogP contribution in [0.25, 0.3) is 5.69 Å². The molecule has 0 aliphatic rings. The average molecular weight is 361 g/mol. The van der Waals surface area contributed by atoms with Crippen LogP contribution < -0.4 is 5.32 Å². The second-order valence-corrected chi connectivity index (χ2v) is 5.37. The van der Waals surface area contributed by atoms with Crippen molar-refractivity contribution in [2.24, 2.45) is 0 Å². The predicted molar refractivity (Wildman–Crippen MR) is 88.7 cm³/mol. The number of aromatic nitrogens is 3. The summed E-state index contributed by atoms with van der Waals surface area (Å²) in [6.45, 7) is 1.15. The molecule has 1 N–H and O–H groups in total. The maximum atomic E-state index is 12.3. The number of halogens is 1. The Morgan fingerprint density at radius 2 is 2.04 bits per heavy atom. The average Bonchev–Trinajstić information content (AvgIpc) is 3.21. The number of aryl methyl sites for hydroxylation is 1. The van der Waals surface area contributed by atoms with E-state index < -0.39 is 18.5 Å². The van der Waals surface area contributed by atoms with E-state index in [0.717, 1.165) is 0 Å². The summed E-state index contributed by atoms with van der Waals surface area (Å²) in [6, 6.07) is 10.6. The van der Waals surface area contributed by atoms with Gasteiger partial charge in [-0.15, -0.1) is 0 Å². The van der Waals surface area contributed by atoms with Crippen molar-refractivity contribution in [3.63, 3.8) is 0 Å². The van der Waals surface area contributed by atoms with Crippen molar-refractivity contribution in [3.05, 3.63) is 59.1 Å². The van der Waals surface area contributed by atoms with Gasteiger partial charge in [0.15, 0.2) is 12.4 Å². The Labute approximate surface area is 147 Å². The SMILES string of the molecule is Cc1nn(-c2ccccc2)c(Cl)c1C(=O)OCC(=O)Nc1ccon1. The molecule has 2 aromatic heterocycles. The zero-order valence-electron chi connectivity index (χ0n) is 13.1. The Balaban J connectivity index is 1.70. The lowest BCUT2D eigenvalue weighted by Crippen LogP contribution is -2.21. The molecule has 0 unspecified atom stereocenters. The zero-order valence-corrected chi connectivity index (χ0v) is 13.9. The van der Waals surface area contributed by atoms with Gasteiger partial charge in [-0.05, 0) is 19.1 Å². The summed E-state index contributed by atoms with van der Waals surface area (Å²) in [4.78, 5) is 24.0. The molecule has 0 spiro atoms. The molecule has 0 bridgehead atoms. The number of carbonyl (C=O) groups is 2. The van der Waals surface area contributed by atoms with Crippen molar-refractivity contribution in [1.82, 2.24) is 14.9 Å². The van der Waals surface area contributed by atoms with Crippen molar-refractivity contribution < 1.29 is 18.8 Å². The van der Waals surface area contributed by atoms with Crippen LogP contribution in [0.3, 0.4) is 0 Å². The number of amides is 1. The molecule has 1 aromatic carbocycles. The minimum Gasteiger partial charge on any atom is -0.452 e. The highest BCUT2D eigenvalue weighted by molar-refractivity contribution is 6.33. The van der Waals surface area contributed by atoms with Gasteiger partial charge in [-0.3, -0.25) is 4.79 Å². The summed E-state index contributed by atoms with van der Waals surface area (Å²) < 4.78 is 11.0. The van der Waals surface area contributed by atoms with Crippen molar-refractivity contribution in [3.8, 4) is 5.69 Å². The summed E-state index contributed by atoms with van der Waals surface area (Å²) in [5.41, 5.74) is 1.22. The molecule has 0 radical (unpaired) electrons. The van der Waals surface area contributed by atoms with E-state index in [2.05, 4.69) is 20.1 Å². The summed E-state index contributed by atoms with van der Waals surface area (Å²) in [7, 11) is 0. The Hall–Kier alpha value is -3.13. The smallest absolute Gasteiger partial charge is 0.343 e. The number of nitrogens with one attached hydrogen (secondary N) is 1. The predicted octanol–water partition coefficient (Wildman–Crippen LogP) is 2.62. The van der Waals surface area contributed by atoms with Crippen LogP contribution in [0.15, 0.2) is 47.2 Å². The van der Waals surface area contributed by atoms with Crippen LogP contribution in [-0.4, -0.2) is 33.4 Å². The van der Waals surface area contributed by atoms with Crippen molar-refractivity contribution in [2.45, 2.75) is 6.92 Å². The number of rotatable bonds is 5. The van der Waals surface area contributed by atoms with E-state index in [-0.39, 0.29) is 16.5 Å². The van der Waals surface area contributed by atoms with Gasteiger partial charge in [0.05, 0.1) is 11.4 Å².